The number of nitrogens with zero attached hydrogens (tertiary/aromatic N) is 5. The third-order valence-electron chi connectivity index (χ3n) is 5.50. The van der Waals surface area contributed by atoms with Crippen LogP contribution in [0.3, 0.4) is 0 Å². The maximum Gasteiger partial charge on any atom is 0.307 e. The van der Waals surface area contributed by atoms with Crippen molar-refractivity contribution >= 4 is 57.9 Å². The molecule has 0 bridgehead atoms. The number of aliphatic carboxylic acids is 2. The predicted molar refractivity (Wildman–Crippen MR) is 132 cm³/mol. The molecule has 204 valence electrons. The van der Waals surface area contributed by atoms with Gasteiger partial charge in [-0.25, -0.2) is 8.96 Å². The number of rotatable bonds is 11. The molecule has 0 aromatic carbocycles. The van der Waals surface area contributed by atoms with Crippen LogP contribution in [0, 0.1) is 0 Å². The second-order valence-corrected chi connectivity index (χ2v) is 9.92. The van der Waals surface area contributed by atoms with Crippen LogP contribution >= 0.6 is 23.3 Å². The quantitative estimate of drug-likeness (QED) is 0.119. The summed E-state index contributed by atoms with van der Waals surface area (Å²) in [6.45, 7) is -0.967. The minimum absolute atomic E-state index is 0.0254. The lowest BCUT2D eigenvalue weighted by Gasteiger charge is -2.50. The number of nitrogens with one attached hydrogen (secondary N) is 1. The lowest BCUT2D eigenvalue weighted by molar-refractivity contribution is -0.687. The van der Waals surface area contributed by atoms with E-state index in [-0.39, 0.29) is 28.8 Å². The van der Waals surface area contributed by atoms with E-state index in [9.17, 15) is 28.7 Å². The summed E-state index contributed by atoms with van der Waals surface area (Å²) in [6, 6.07) is 2.23. The molecule has 2 amide bonds. The number of nitrogens with two attached hydrogens (primary N) is 1. The molecule has 0 saturated carbocycles. The average Bonchev–Trinajstić information content (AvgIpc) is 3.33. The maximum absolute atomic E-state index is 12.9. The fourth-order valence-corrected chi connectivity index (χ4v) is 5.55. The van der Waals surface area contributed by atoms with Crippen molar-refractivity contribution in [3.63, 3.8) is 0 Å². The molecule has 4 heterocycles. The molecule has 1 fully saturated rings. The normalized spacial score (nSPS) is 19.1. The number of carboxylic acids is 2. The summed E-state index contributed by atoms with van der Waals surface area (Å²) in [5, 5.41) is 25.9. The van der Waals surface area contributed by atoms with E-state index in [2.05, 4.69) is 24.7 Å². The van der Waals surface area contributed by atoms with Crippen LogP contribution in [0.25, 0.3) is 0 Å². The monoisotopic (exact) mass is 577 g/mol. The Labute approximate surface area is 227 Å². The number of thioether (sulfide) groups is 1. The Morgan fingerprint density at radius 1 is 1.38 bits per heavy atom. The average molecular weight is 578 g/mol. The predicted octanol–water partition coefficient (Wildman–Crippen LogP) is -1.66. The van der Waals surface area contributed by atoms with Crippen molar-refractivity contribution < 1.29 is 43.2 Å². The second kappa shape index (κ2) is 12.0. The lowest BCUT2D eigenvalue weighted by Crippen LogP contribution is -2.71. The zero-order valence-electron chi connectivity index (χ0n) is 19.9. The number of oxime groups is 1. The molecule has 1 saturated heterocycles. The number of hydrogen-bond donors (Lipinski definition) is 3. The van der Waals surface area contributed by atoms with E-state index < -0.39 is 47.7 Å². The van der Waals surface area contributed by atoms with Crippen molar-refractivity contribution in [1.82, 2.24) is 19.6 Å². The molecule has 2 aromatic heterocycles. The zero-order chi connectivity index (χ0) is 28.1. The van der Waals surface area contributed by atoms with E-state index in [1.54, 1.807) is 41.2 Å². The third kappa shape index (κ3) is 6.20. The first-order chi connectivity index (χ1) is 18.7. The van der Waals surface area contributed by atoms with Gasteiger partial charge in [-0.1, -0.05) is 11.2 Å². The van der Waals surface area contributed by atoms with Gasteiger partial charge in [-0.3, -0.25) is 19.3 Å². The molecule has 2 aromatic rings. The van der Waals surface area contributed by atoms with Gasteiger partial charge in [-0.2, -0.15) is 9.36 Å². The molecule has 0 spiro atoms. The van der Waals surface area contributed by atoms with Gasteiger partial charge < -0.3 is 30.9 Å². The van der Waals surface area contributed by atoms with Gasteiger partial charge >= 0.3 is 5.97 Å². The number of nitrogen functional groups attached to an aromatic ring is 1. The molecule has 0 aliphatic carbocycles. The van der Waals surface area contributed by atoms with Gasteiger partial charge in [0.2, 0.25) is 11.5 Å². The van der Waals surface area contributed by atoms with Crippen LogP contribution in [0.2, 0.25) is 0 Å². The molecular weight excluding hydrogens is 557 g/mol. The Bertz CT molecular complexity index is 1390. The first kappa shape index (κ1) is 27.6. The Balaban J connectivity index is 1.45. The SMILES string of the molecule is Nc1nc(/C(=N/OCF)C(=O)N[C@@H]2C(=O)N3C(C(=O)[O-])=C(/C=C/C[n+]4ccc(CC(=O)O)cc4)CS[C@@H]23)ns1. The fourth-order valence-electron chi connectivity index (χ4n) is 3.79. The zero-order valence-corrected chi connectivity index (χ0v) is 21.5. The number of β-lactam (4-membered cyclic amide) rings is 1. The summed E-state index contributed by atoms with van der Waals surface area (Å²) in [5.41, 5.74) is 5.70. The van der Waals surface area contributed by atoms with Crippen LogP contribution in [0.4, 0.5) is 9.52 Å². The highest BCUT2D eigenvalue weighted by molar-refractivity contribution is 8.00. The molecule has 0 radical (unpaired) electrons. The van der Waals surface area contributed by atoms with E-state index in [1.165, 1.54) is 11.8 Å². The number of aromatic nitrogens is 3. The molecular formula is C22H20FN7O7S2. The molecule has 4 N–H and O–H groups in total. The first-order valence-corrected chi connectivity index (χ1v) is 12.9. The lowest BCUT2D eigenvalue weighted by atomic mass is 10.0. The minimum atomic E-state index is -1.55. The van der Waals surface area contributed by atoms with Gasteiger partial charge in [0.15, 0.2) is 24.1 Å². The number of anilines is 1. The van der Waals surface area contributed by atoms with Crippen LogP contribution in [-0.2, 0) is 37.0 Å². The number of carboxylic acid groups (broad SMARTS) is 2. The first-order valence-electron chi connectivity index (χ1n) is 11.1. The molecule has 2 atom stereocenters. The van der Waals surface area contributed by atoms with Crippen LogP contribution in [-0.4, -0.2) is 72.9 Å². The number of pyridine rings is 1. The molecule has 2 aliphatic rings. The summed E-state index contributed by atoms with van der Waals surface area (Å²) in [5.74, 6) is -4.13. The Hall–Kier alpha value is -4.38. The van der Waals surface area contributed by atoms with Gasteiger partial charge in [0.25, 0.3) is 18.7 Å². The highest BCUT2D eigenvalue weighted by Gasteiger charge is 2.53. The van der Waals surface area contributed by atoms with Gasteiger partial charge in [0, 0.05) is 29.4 Å². The van der Waals surface area contributed by atoms with E-state index in [0.717, 1.165) is 16.4 Å². The van der Waals surface area contributed by atoms with E-state index in [1.807, 2.05) is 0 Å². The Kier molecular flexibility index (Phi) is 8.50. The number of allylic oxidation sites excluding steroid dienone is 2. The molecule has 2 aliphatic heterocycles. The van der Waals surface area contributed by atoms with Gasteiger partial charge in [0.1, 0.15) is 11.4 Å². The summed E-state index contributed by atoms with van der Waals surface area (Å²) in [4.78, 5) is 57.6. The summed E-state index contributed by atoms with van der Waals surface area (Å²) in [7, 11) is 0. The van der Waals surface area contributed by atoms with Crippen molar-refractivity contribution in [2.75, 3.05) is 18.3 Å². The van der Waals surface area contributed by atoms with Gasteiger partial charge in [0.05, 0.1) is 18.1 Å². The van der Waals surface area contributed by atoms with E-state index in [4.69, 9.17) is 10.8 Å². The standard InChI is InChI=1S/C22H20FN7O7S2/c23-10-37-27-14(17-26-22(24)39-28-17)18(33)25-15-19(34)30-16(21(35)36)12(9-38-20(15)30)2-1-5-29-6-3-11(4-7-29)8-13(31)32/h1-4,6-7,15,20H,5,8-10H2,(H4-,24,25,26,28,31,32,33,35,36)/b2-1+,27-14-/t15-,20+/m1/s1. The third-order valence-corrected chi connectivity index (χ3v) is 7.35. The molecule has 17 heteroatoms. The highest BCUT2D eigenvalue weighted by atomic mass is 32.2. The molecule has 14 nitrogen and oxygen atoms in total. The number of carbonyl (C=O) groups excluding carboxylic acids is 3. The summed E-state index contributed by atoms with van der Waals surface area (Å²) in [6.07, 6.45) is 6.56. The number of hydrogen-bond acceptors (Lipinski definition) is 12. The van der Waals surface area contributed by atoms with Crippen LogP contribution in [0.15, 0.2) is 53.1 Å². The topological polar surface area (TPSA) is 204 Å². The number of amides is 2. The molecule has 0 unspecified atom stereocenters. The Morgan fingerprint density at radius 2 is 2.13 bits per heavy atom. The highest BCUT2D eigenvalue weighted by Crippen LogP contribution is 2.40. The number of carbonyl (C=O) groups is 4. The van der Waals surface area contributed by atoms with Crippen molar-refractivity contribution in [3.8, 4) is 0 Å². The van der Waals surface area contributed by atoms with Gasteiger partial charge in [-0.15, -0.1) is 11.8 Å². The molecule has 39 heavy (non-hydrogen) atoms. The van der Waals surface area contributed by atoms with E-state index in [0.29, 0.717) is 17.7 Å². The largest absolute Gasteiger partial charge is 0.543 e. The summed E-state index contributed by atoms with van der Waals surface area (Å²) < 4.78 is 18.1. The molecule has 4 rings (SSSR count). The number of halogens is 1. The van der Waals surface area contributed by atoms with Crippen molar-refractivity contribution in [2.24, 2.45) is 5.16 Å². The number of fused-ring (bicyclic) bond motifs is 1. The van der Waals surface area contributed by atoms with Crippen molar-refractivity contribution in [1.29, 1.82) is 0 Å². The second-order valence-electron chi connectivity index (χ2n) is 8.03. The smallest absolute Gasteiger partial charge is 0.307 e. The van der Waals surface area contributed by atoms with E-state index >= 15 is 0 Å². The van der Waals surface area contributed by atoms with Crippen molar-refractivity contribution in [3.05, 3.63) is 59.3 Å². The number of alkyl halides is 1. The fraction of sp³-hybridized carbons (Fsp3) is 0.273. The Morgan fingerprint density at radius 3 is 2.74 bits per heavy atom. The minimum Gasteiger partial charge on any atom is -0.543 e. The van der Waals surface area contributed by atoms with Gasteiger partial charge in [-0.05, 0) is 17.2 Å². The van der Waals surface area contributed by atoms with Crippen LogP contribution in [0.5, 0.6) is 0 Å². The van der Waals surface area contributed by atoms with Crippen LogP contribution < -0.4 is 20.7 Å². The van der Waals surface area contributed by atoms with Crippen molar-refractivity contribution in [2.45, 2.75) is 24.4 Å². The maximum atomic E-state index is 12.9. The summed E-state index contributed by atoms with van der Waals surface area (Å²) >= 11 is 2.00. The van der Waals surface area contributed by atoms with Crippen LogP contribution in [0.1, 0.15) is 11.4 Å².